The standard InChI is InChI=1S/C21H16Cl2O3/c1-13-2-8-19(24)17(10-13)20(25)12-14-3-9-21(18(23)11-14)26-16-6-4-15(22)5-7-16/h2-11,24H,12H2,1H3. The van der Waals surface area contributed by atoms with E-state index in [0.29, 0.717) is 27.1 Å². The van der Waals surface area contributed by atoms with Gasteiger partial charge in [0.2, 0.25) is 0 Å². The Bertz CT molecular complexity index is 950. The molecule has 3 aromatic carbocycles. The van der Waals surface area contributed by atoms with Gasteiger partial charge in [-0.3, -0.25) is 4.79 Å². The number of Topliss-reactive ketones (excluding diaryl/α,β-unsaturated/α-hetero) is 1. The fraction of sp³-hybridized carbons (Fsp3) is 0.0952. The first-order valence-electron chi connectivity index (χ1n) is 7.97. The highest BCUT2D eigenvalue weighted by molar-refractivity contribution is 6.32. The number of carbonyl (C=O) groups excluding carboxylic acids is 1. The number of carbonyl (C=O) groups is 1. The molecule has 0 spiro atoms. The highest BCUT2D eigenvalue weighted by Gasteiger charge is 2.13. The maximum absolute atomic E-state index is 12.5. The molecule has 0 aromatic heterocycles. The van der Waals surface area contributed by atoms with Crippen molar-refractivity contribution in [3.63, 3.8) is 0 Å². The Kier molecular flexibility index (Phi) is 5.50. The van der Waals surface area contributed by atoms with Gasteiger partial charge in [0.15, 0.2) is 5.78 Å². The molecule has 132 valence electrons. The van der Waals surface area contributed by atoms with E-state index in [-0.39, 0.29) is 18.0 Å². The summed E-state index contributed by atoms with van der Waals surface area (Å²) in [4.78, 5) is 12.5. The van der Waals surface area contributed by atoms with Gasteiger partial charge in [-0.1, -0.05) is 40.9 Å². The van der Waals surface area contributed by atoms with Crippen LogP contribution >= 0.6 is 23.2 Å². The Morgan fingerprint density at radius 1 is 1.00 bits per heavy atom. The Labute approximate surface area is 161 Å². The number of phenols is 1. The average Bonchev–Trinajstić information content (AvgIpc) is 2.61. The molecule has 0 aliphatic rings. The topological polar surface area (TPSA) is 46.5 Å². The molecular formula is C21H16Cl2O3. The van der Waals surface area contributed by atoms with Crippen LogP contribution in [0.1, 0.15) is 21.5 Å². The molecule has 3 rings (SSSR count). The van der Waals surface area contributed by atoms with E-state index in [4.69, 9.17) is 27.9 Å². The lowest BCUT2D eigenvalue weighted by molar-refractivity contribution is 0.0990. The van der Waals surface area contributed by atoms with Crippen LogP contribution in [0.2, 0.25) is 10.0 Å². The fourth-order valence-electron chi connectivity index (χ4n) is 2.52. The summed E-state index contributed by atoms with van der Waals surface area (Å²) in [5.74, 6) is 0.913. The third-order valence-electron chi connectivity index (χ3n) is 3.85. The number of phenolic OH excluding ortho intramolecular Hbond substituents is 1. The number of ether oxygens (including phenoxy) is 1. The van der Waals surface area contributed by atoms with Gasteiger partial charge in [0.05, 0.1) is 10.6 Å². The summed E-state index contributed by atoms with van der Waals surface area (Å²) in [6, 6.07) is 17.1. The van der Waals surface area contributed by atoms with E-state index in [1.807, 2.05) is 6.92 Å². The van der Waals surface area contributed by atoms with Crippen molar-refractivity contribution >= 4 is 29.0 Å². The minimum atomic E-state index is -0.173. The summed E-state index contributed by atoms with van der Waals surface area (Å²) in [5.41, 5.74) is 1.96. The lowest BCUT2D eigenvalue weighted by atomic mass is 10.0. The molecule has 26 heavy (non-hydrogen) atoms. The summed E-state index contributed by atoms with van der Waals surface area (Å²) >= 11 is 12.1. The molecule has 3 aromatic rings. The van der Waals surface area contributed by atoms with E-state index in [0.717, 1.165) is 11.1 Å². The molecule has 0 saturated heterocycles. The SMILES string of the molecule is Cc1ccc(O)c(C(=O)Cc2ccc(Oc3ccc(Cl)cc3)c(Cl)c2)c1. The van der Waals surface area contributed by atoms with Gasteiger partial charge in [0.25, 0.3) is 0 Å². The predicted octanol–water partition coefficient (Wildman–Crippen LogP) is 6.23. The maximum Gasteiger partial charge on any atom is 0.170 e. The van der Waals surface area contributed by atoms with Crippen LogP contribution in [0.3, 0.4) is 0 Å². The number of benzene rings is 3. The van der Waals surface area contributed by atoms with Crippen molar-refractivity contribution in [2.45, 2.75) is 13.3 Å². The largest absolute Gasteiger partial charge is 0.507 e. The monoisotopic (exact) mass is 386 g/mol. The van der Waals surface area contributed by atoms with E-state index in [2.05, 4.69) is 0 Å². The Morgan fingerprint density at radius 3 is 2.42 bits per heavy atom. The molecule has 0 amide bonds. The zero-order chi connectivity index (χ0) is 18.7. The van der Waals surface area contributed by atoms with E-state index < -0.39 is 0 Å². The summed E-state index contributed by atoms with van der Waals surface area (Å²) < 4.78 is 5.73. The van der Waals surface area contributed by atoms with E-state index in [1.165, 1.54) is 6.07 Å². The molecule has 3 nitrogen and oxygen atoms in total. The third kappa shape index (κ3) is 4.37. The number of rotatable bonds is 5. The van der Waals surface area contributed by atoms with Crippen LogP contribution < -0.4 is 4.74 Å². The van der Waals surface area contributed by atoms with Crippen LogP contribution in [0.25, 0.3) is 0 Å². The summed E-state index contributed by atoms with van der Waals surface area (Å²) in [5, 5.41) is 10.9. The van der Waals surface area contributed by atoms with E-state index >= 15 is 0 Å². The molecule has 0 saturated carbocycles. The van der Waals surface area contributed by atoms with Crippen molar-refractivity contribution in [3.05, 3.63) is 87.4 Å². The zero-order valence-corrected chi connectivity index (χ0v) is 15.5. The van der Waals surface area contributed by atoms with Crippen LogP contribution in [0.5, 0.6) is 17.2 Å². The van der Waals surface area contributed by atoms with Crippen LogP contribution in [0, 0.1) is 6.92 Å². The molecule has 5 heteroatoms. The first-order valence-corrected chi connectivity index (χ1v) is 8.72. The normalized spacial score (nSPS) is 10.6. The second-order valence-corrected chi connectivity index (χ2v) is 6.78. The lowest BCUT2D eigenvalue weighted by Crippen LogP contribution is -2.04. The highest BCUT2D eigenvalue weighted by atomic mass is 35.5. The van der Waals surface area contributed by atoms with Gasteiger partial charge in [-0.15, -0.1) is 0 Å². The van der Waals surface area contributed by atoms with Gasteiger partial charge in [-0.2, -0.15) is 0 Å². The Balaban J connectivity index is 1.75. The van der Waals surface area contributed by atoms with Gasteiger partial charge in [-0.25, -0.2) is 0 Å². The summed E-state index contributed by atoms with van der Waals surface area (Å²) in [6.07, 6.45) is 0.137. The quantitative estimate of drug-likeness (QED) is 0.528. The number of ketones is 1. The molecule has 0 unspecified atom stereocenters. The number of aromatic hydroxyl groups is 1. The van der Waals surface area contributed by atoms with Gasteiger partial charge in [0, 0.05) is 11.4 Å². The minimum absolute atomic E-state index is 0.0191. The first-order chi connectivity index (χ1) is 12.4. The molecule has 0 bridgehead atoms. The molecule has 0 heterocycles. The van der Waals surface area contributed by atoms with Crippen LogP contribution in [0.15, 0.2) is 60.7 Å². The summed E-state index contributed by atoms with van der Waals surface area (Å²) in [7, 11) is 0. The second-order valence-electron chi connectivity index (χ2n) is 5.94. The smallest absolute Gasteiger partial charge is 0.170 e. The summed E-state index contributed by atoms with van der Waals surface area (Å²) in [6.45, 7) is 1.87. The molecule has 0 aliphatic carbocycles. The zero-order valence-electron chi connectivity index (χ0n) is 14.0. The number of hydrogen-bond donors (Lipinski definition) is 1. The average molecular weight is 387 g/mol. The third-order valence-corrected chi connectivity index (χ3v) is 4.40. The van der Waals surface area contributed by atoms with Crippen molar-refractivity contribution in [3.8, 4) is 17.2 Å². The van der Waals surface area contributed by atoms with Crippen molar-refractivity contribution in [1.29, 1.82) is 0 Å². The second kappa shape index (κ2) is 7.81. The van der Waals surface area contributed by atoms with Crippen LogP contribution in [-0.4, -0.2) is 10.9 Å². The number of aryl methyl sites for hydroxylation is 1. The molecule has 0 fully saturated rings. The fourth-order valence-corrected chi connectivity index (χ4v) is 2.89. The van der Waals surface area contributed by atoms with Gasteiger partial charge in [0.1, 0.15) is 17.2 Å². The molecule has 0 atom stereocenters. The Hall–Kier alpha value is -2.49. The van der Waals surface area contributed by atoms with Crippen molar-refractivity contribution in [2.75, 3.05) is 0 Å². The van der Waals surface area contributed by atoms with E-state index in [9.17, 15) is 9.90 Å². The van der Waals surface area contributed by atoms with Crippen LogP contribution in [-0.2, 0) is 6.42 Å². The molecule has 1 N–H and O–H groups in total. The molecule has 0 aliphatic heterocycles. The van der Waals surface area contributed by atoms with Crippen LogP contribution in [0.4, 0.5) is 0 Å². The van der Waals surface area contributed by atoms with Crippen molar-refractivity contribution in [1.82, 2.24) is 0 Å². The number of hydrogen-bond acceptors (Lipinski definition) is 3. The lowest BCUT2D eigenvalue weighted by Gasteiger charge is -2.10. The Morgan fingerprint density at radius 2 is 1.73 bits per heavy atom. The number of halogens is 2. The highest BCUT2D eigenvalue weighted by Crippen LogP contribution is 2.31. The molecule has 0 radical (unpaired) electrons. The van der Waals surface area contributed by atoms with Crippen molar-refractivity contribution in [2.24, 2.45) is 0 Å². The van der Waals surface area contributed by atoms with Gasteiger partial charge in [-0.05, 0) is 61.0 Å². The predicted molar refractivity (Wildman–Crippen MR) is 104 cm³/mol. The van der Waals surface area contributed by atoms with E-state index in [1.54, 1.807) is 54.6 Å². The molecular weight excluding hydrogens is 371 g/mol. The van der Waals surface area contributed by atoms with Crippen molar-refractivity contribution < 1.29 is 14.6 Å². The minimum Gasteiger partial charge on any atom is -0.507 e. The maximum atomic E-state index is 12.5. The van der Waals surface area contributed by atoms with Gasteiger partial charge < -0.3 is 9.84 Å². The first kappa shape index (κ1) is 18.3. The van der Waals surface area contributed by atoms with Gasteiger partial charge >= 0.3 is 0 Å².